The number of hydrogen-bond acceptors (Lipinski definition) is 8. The van der Waals surface area contributed by atoms with E-state index in [2.05, 4.69) is 15.4 Å². The number of benzene rings is 3. The molecule has 3 aromatic carbocycles. The molecule has 0 unspecified atom stereocenters. The van der Waals surface area contributed by atoms with E-state index in [4.69, 9.17) is 4.74 Å². The summed E-state index contributed by atoms with van der Waals surface area (Å²) in [7, 11) is -2.86. The molecular weight excluding hydrogens is 725 g/mol. The van der Waals surface area contributed by atoms with Crippen LogP contribution in [0, 0.1) is 17.6 Å². The lowest BCUT2D eigenvalue weighted by Crippen LogP contribution is -2.44. The zero-order valence-corrected chi connectivity index (χ0v) is 30.2. The van der Waals surface area contributed by atoms with Crippen LogP contribution in [0.4, 0.5) is 14.5 Å². The van der Waals surface area contributed by atoms with Crippen molar-refractivity contribution < 1.29 is 36.3 Å². The molecule has 2 aliphatic carbocycles. The van der Waals surface area contributed by atoms with Crippen molar-refractivity contribution in [3.05, 3.63) is 122 Å². The van der Waals surface area contributed by atoms with E-state index in [9.17, 15) is 32.4 Å². The molecule has 4 aromatic rings. The third-order valence-corrected chi connectivity index (χ3v) is 10.8. The minimum Gasteiger partial charge on any atom is -0.464 e. The maximum Gasteiger partial charge on any atom is 0.335 e. The van der Waals surface area contributed by atoms with E-state index in [1.54, 1.807) is 12.1 Å². The van der Waals surface area contributed by atoms with Crippen molar-refractivity contribution in [2.45, 2.75) is 68.3 Å². The van der Waals surface area contributed by atoms with Crippen LogP contribution in [-0.2, 0) is 33.0 Å². The standard InChI is InChI=1S/C38H39F2N5O8S/c1-44-18-17-33(46)45(38(44)50)28-13-7-23(8-14-28)19-32(37(49)53-22-24-5-3-2-4-6-24)42-36(48)34-30(39)20-27(21-31(34)40)43-54(51,52)29-15-9-25(10-16-29)35(47)41-26-11-12-26/h7-10,13-18,20-21,24,26,32,43H,2-6,11-12,19,22H2,1H3,(H,41,47)(H,42,48)/t32-/m0/s1. The summed E-state index contributed by atoms with van der Waals surface area (Å²) in [6, 6.07) is 12.3. The van der Waals surface area contributed by atoms with Crippen molar-refractivity contribution in [3.8, 4) is 5.69 Å². The molecule has 3 N–H and O–H groups in total. The van der Waals surface area contributed by atoms with Gasteiger partial charge in [-0.1, -0.05) is 31.4 Å². The second-order valence-corrected chi connectivity index (χ2v) is 15.3. The van der Waals surface area contributed by atoms with Crippen LogP contribution >= 0.6 is 0 Å². The first-order chi connectivity index (χ1) is 25.8. The summed E-state index contributed by atoms with van der Waals surface area (Å²) in [6.07, 6.45) is 7.77. The number of ether oxygens (including phenoxy) is 1. The minimum absolute atomic E-state index is 0.106. The fraction of sp³-hybridized carbons (Fsp3) is 0.342. The lowest BCUT2D eigenvalue weighted by atomic mass is 9.90. The number of carbonyl (C=O) groups is 3. The average molecular weight is 764 g/mol. The van der Waals surface area contributed by atoms with Gasteiger partial charge < -0.3 is 19.9 Å². The number of nitrogens with zero attached hydrogens (tertiary/aromatic N) is 2. The number of sulfonamides is 1. The molecule has 2 saturated carbocycles. The Morgan fingerprint density at radius 2 is 1.52 bits per heavy atom. The number of amides is 2. The van der Waals surface area contributed by atoms with Gasteiger partial charge in [-0.3, -0.25) is 19.1 Å². The third kappa shape index (κ3) is 9.10. The monoisotopic (exact) mass is 763 g/mol. The lowest BCUT2D eigenvalue weighted by Gasteiger charge is -2.23. The first-order valence-corrected chi connectivity index (χ1v) is 19.1. The van der Waals surface area contributed by atoms with Gasteiger partial charge in [0.2, 0.25) is 0 Å². The molecular formula is C38H39F2N5O8S. The number of anilines is 1. The second kappa shape index (κ2) is 16.2. The summed E-state index contributed by atoms with van der Waals surface area (Å²) in [4.78, 5) is 63.7. The van der Waals surface area contributed by atoms with Crippen LogP contribution in [0.3, 0.4) is 0 Å². The largest absolute Gasteiger partial charge is 0.464 e. The fourth-order valence-corrected chi connectivity index (χ4v) is 7.28. The number of carbonyl (C=O) groups excluding carboxylic acids is 3. The quantitative estimate of drug-likeness (QED) is 0.172. The number of nitrogens with one attached hydrogen (secondary N) is 3. The van der Waals surface area contributed by atoms with Crippen LogP contribution in [0.2, 0.25) is 0 Å². The summed E-state index contributed by atoms with van der Waals surface area (Å²) in [6.45, 7) is 0.109. The predicted octanol–water partition coefficient (Wildman–Crippen LogP) is 3.97. The summed E-state index contributed by atoms with van der Waals surface area (Å²) in [5.74, 6) is -5.11. The van der Waals surface area contributed by atoms with E-state index in [0.29, 0.717) is 17.7 Å². The molecule has 2 aliphatic rings. The molecule has 0 saturated heterocycles. The van der Waals surface area contributed by atoms with Crippen molar-refractivity contribution in [2.24, 2.45) is 13.0 Å². The SMILES string of the molecule is Cn1ccc(=O)n(-c2ccc(C[C@H](NC(=O)c3c(F)cc(NS(=O)(=O)c4ccc(C(=O)NC5CC5)cc4)cc3F)C(=O)OCC3CCCCC3)cc2)c1=O. The van der Waals surface area contributed by atoms with E-state index in [1.807, 2.05) is 0 Å². The Morgan fingerprint density at radius 1 is 0.870 bits per heavy atom. The molecule has 0 radical (unpaired) electrons. The molecule has 1 aromatic heterocycles. The van der Waals surface area contributed by atoms with Crippen molar-refractivity contribution in [3.63, 3.8) is 0 Å². The molecule has 0 bridgehead atoms. The highest BCUT2D eigenvalue weighted by Crippen LogP contribution is 2.25. The molecule has 2 amide bonds. The number of halogens is 2. The van der Waals surface area contributed by atoms with Crippen LogP contribution in [0.25, 0.3) is 5.69 Å². The zero-order valence-electron chi connectivity index (χ0n) is 29.3. The number of rotatable bonds is 13. The molecule has 0 spiro atoms. The first-order valence-electron chi connectivity index (χ1n) is 17.6. The van der Waals surface area contributed by atoms with Gasteiger partial charge in [0.1, 0.15) is 23.2 Å². The zero-order chi connectivity index (χ0) is 38.6. The highest BCUT2D eigenvalue weighted by Gasteiger charge is 2.29. The van der Waals surface area contributed by atoms with E-state index < -0.39 is 62.1 Å². The smallest absolute Gasteiger partial charge is 0.335 e. The summed E-state index contributed by atoms with van der Waals surface area (Å²) in [5.41, 5.74) is -1.69. The van der Waals surface area contributed by atoms with Gasteiger partial charge in [-0.2, -0.15) is 0 Å². The molecule has 54 heavy (non-hydrogen) atoms. The van der Waals surface area contributed by atoms with E-state index in [-0.39, 0.29) is 47.0 Å². The van der Waals surface area contributed by atoms with E-state index >= 15 is 8.78 Å². The maximum atomic E-state index is 15.4. The van der Waals surface area contributed by atoms with Gasteiger partial charge in [-0.25, -0.2) is 31.4 Å². The number of aromatic nitrogens is 2. The average Bonchev–Trinajstić information content (AvgIpc) is 3.97. The molecule has 1 atom stereocenters. The predicted molar refractivity (Wildman–Crippen MR) is 194 cm³/mol. The first kappa shape index (κ1) is 38.1. The van der Waals surface area contributed by atoms with Gasteiger partial charge >= 0.3 is 11.7 Å². The second-order valence-electron chi connectivity index (χ2n) is 13.6. The Labute approximate surface area is 309 Å². The van der Waals surface area contributed by atoms with Crippen LogP contribution in [0.1, 0.15) is 71.2 Å². The Kier molecular flexibility index (Phi) is 11.4. The van der Waals surface area contributed by atoms with Gasteiger partial charge in [0.15, 0.2) is 0 Å². The third-order valence-electron chi connectivity index (χ3n) is 9.43. The lowest BCUT2D eigenvalue weighted by molar-refractivity contribution is -0.147. The Bertz CT molecular complexity index is 2260. The van der Waals surface area contributed by atoms with Gasteiger partial charge in [0, 0.05) is 37.3 Å². The Hall–Kier alpha value is -5.64. The van der Waals surface area contributed by atoms with Crippen molar-refractivity contribution >= 4 is 33.5 Å². The van der Waals surface area contributed by atoms with E-state index in [0.717, 1.165) is 49.5 Å². The summed E-state index contributed by atoms with van der Waals surface area (Å²) in [5, 5.41) is 5.16. The molecule has 0 aliphatic heterocycles. The van der Waals surface area contributed by atoms with Crippen molar-refractivity contribution in [1.82, 2.24) is 19.8 Å². The molecule has 13 nitrogen and oxygen atoms in total. The molecule has 284 valence electrons. The molecule has 2 fully saturated rings. The number of aryl methyl sites for hydroxylation is 1. The van der Waals surface area contributed by atoms with E-state index in [1.165, 1.54) is 60.3 Å². The van der Waals surface area contributed by atoms with Gasteiger partial charge in [-0.15, -0.1) is 0 Å². The molecule has 16 heteroatoms. The molecule has 1 heterocycles. The Balaban J connectivity index is 1.18. The molecule has 6 rings (SSSR count). The highest BCUT2D eigenvalue weighted by atomic mass is 32.2. The van der Waals surface area contributed by atoms with Gasteiger partial charge in [0.05, 0.1) is 22.9 Å². The van der Waals surface area contributed by atoms with Crippen LogP contribution < -0.4 is 26.6 Å². The summed E-state index contributed by atoms with van der Waals surface area (Å²) < 4.78 is 66.7. The van der Waals surface area contributed by atoms with Crippen LogP contribution in [0.15, 0.2) is 87.4 Å². The number of hydrogen-bond donors (Lipinski definition) is 3. The summed E-state index contributed by atoms with van der Waals surface area (Å²) >= 11 is 0. The van der Waals surface area contributed by atoms with Crippen molar-refractivity contribution in [2.75, 3.05) is 11.3 Å². The minimum atomic E-state index is -4.36. The normalized spacial score (nSPS) is 15.2. The Morgan fingerprint density at radius 3 is 2.15 bits per heavy atom. The number of esters is 1. The maximum absolute atomic E-state index is 15.4. The van der Waals surface area contributed by atoms with Crippen LogP contribution in [0.5, 0.6) is 0 Å². The fourth-order valence-electron chi connectivity index (χ4n) is 6.24. The van der Waals surface area contributed by atoms with Gasteiger partial charge in [-0.05, 0) is 85.7 Å². The topological polar surface area (TPSA) is 175 Å². The van der Waals surface area contributed by atoms with Gasteiger partial charge in [0.25, 0.3) is 27.4 Å². The van der Waals surface area contributed by atoms with Crippen LogP contribution in [-0.4, -0.2) is 54.0 Å². The van der Waals surface area contributed by atoms with Crippen molar-refractivity contribution in [1.29, 1.82) is 0 Å². The highest BCUT2D eigenvalue weighted by molar-refractivity contribution is 7.92.